The minimum atomic E-state index is -0.271. The van der Waals surface area contributed by atoms with Gasteiger partial charge in [-0.3, -0.25) is 10.1 Å². The molecule has 2 aromatic carbocycles. The summed E-state index contributed by atoms with van der Waals surface area (Å²) in [4.78, 5) is 16.5. The summed E-state index contributed by atoms with van der Waals surface area (Å²) in [5.41, 5.74) is 3.72. The van der Waals surface area contributed by atoms with E-state index in [2.05, 4.69) is 22.4 Å². The van der Waals surface area contributed by atoms with E-state index in [9.17, 15) is 4.79 Å². The first-order valence-electron chi connectivity index (χ1n) is 7.36. The Morgan fingerprint density at radius 3 is 2.75 bits per heavy atom. The van der Waals surface area contributed by atoms with Gasteiger partial charge in [-0.25, -0.2) is 4.98 Å². The number of ether oxygens (including phenoxy) is 1. The van der Waals surface area contributed by atoms with Crippen LogP contribution >= 0.6 is 11.3 Å². The van der Waals surface area contributed by atoms with Crippen molar-refractivity contribution in [1.82, 2.24) is 4.98 Å². The molecule has 0 fully saturated rings. The highest BCUT2D eigenvalue weighted by Gasteiger charge is 2.10. The van der Waals surface area contributed by atoms with Crippen LogP contribution in [0.5, 0.6) is 5.75 Å². The highest BCUT2D eigenvalue weighted by atomic mass is 32.1. The average Bonchev–Trinajstić information content (AvgIpc) is 2.96. The molecule has 3 rings (SSSR count). The van der Waals surface area contributed by atoms with Crippen molar-refractivity contribution in [2.45, 2.75) is 13.8 Å². The molecule has 0 radical (unpaired) electrons. The van der Waals surface area contributed by atoms with Crippen LogP contribution in [0.1, 0.15) is 16.7 Å². The summed E-state index contributed by atoms with van der Waals surface area (Å²) in [6, 6.07) is 12.8. The average molecular weight is 337 g/mol. The number of thiazole rings is 1. The second-order valence-corrected chi connectivity index (χ2v) is 6.45. The third-order valence-corrected chi connectivity index (χ3v) is 4.35. The van der Waals surface area contributed by atoms with Crippen LogP contribution in [-0.2, 0) is 4.79 Å². The summed E-state index contributed by atoms with van der Waals surface area (Å²) in [6.45, 7) is 3.93. The Kier molecular flexibility index (Phi) is 4.45. The van der Waals surface area contributed by atoms with Crippen LogP contribution in [0.15, 0.2) is 36.4 Å². The summed E-state index contributed by atoms with van der Waals surface area (Å²) in [7, 11) is 0. The van der Waals surface area contributed by atoms with Crippen molar-refractivity contribution in [3.05, 3.63) is 53.1 Å². The highest BCUT2D eigenvalue weighted by molar-refractivity contribution is 7.22. The van der Waals surface area contributed by atoms with E-state index in [1.54, 1.807) is 24.3 Å². The number of benzene rings is 2. The van der Waals surface area contributed by atoms with E-state index in [1.807, 2.05) is 19.9 Å². The maximum Gasteiger partial charge on any atom is 0.264 e. The molecule has 0 atom stereocenters. The molecule has 6 heteroatoms. The molecule has 0 aliphatic rings. The standard InChI is InChI=1S/C18H15N3O2S/c1-11-7-12(2)17-15(8-11)24-18(21-17)20-16(22)10-23-14-5-3-13(9-19)4-6-14/h3-8H,10H2,1-2H3,(H,20,21,22). The van der Waals surface area contributed by atoms with Gasteiger partial charge in [0.25, 0.3) is 5.91 Å². The van der Waals surface area contributed by atoms with Crippen molar-refractivity contribution in [2.24, 2.45) is 0 Å². The second kappa shape index (κ2) is 6.69. The molecule has 5 nitrogen and oxygen atoms in total. The number of amides is 1. The highest BCUT2D eigenvalue weighted by Crippen LogP contribution is 2.29. The lowest BCUT2D eigenvalue weighted by Gasteiger charge is -2.05. The molecular weight excluding hydrogens is 322 g/mol. The van der Waals surface area contributed by atoms with Crippen molar-refractivity contribution in [1.29, 1.82) is 5.26 Å². The first-order valence-corrected chi connectivity index (χ1v) is 8.17. The molecule has 0 unspecified atom stereocenters. The van der Waals surface area contributed by atoms with Crippen molar-refractivity contribution in [3.8, 4) is 11.8 Å². The first-order chi connectivity index (χ1) is 11.5. The van der Waals surface area contributed by atoms with E-state index < -0.39 is 0 Å². The number of rotatable bonds is 4. The van der Waals surface area contributed by atoms with E-state index in [0.29, 0.717) is 16.4 Å². The predicted octanol–water partition coefficient (Wildman–Crippen LogP) is 3.80. The molecule has 0 spiro atoms. The molecule has 1 aromatic heterocycles. The van der Waals surface area contributed by atoms with Crippen molar-refractivity contribution >= 4 is 32.6 Å². The molecular formula is C18H15N3O2S. The Morgan fingerprint density at radius 2 is 2.04 bits per heavy atom. The van der Waals surface area contributed by atoms with Gasteiger partial charge in [-0.2, -0.15) is 5.26 Å². The van der Waals surface area contributed by atoms with Gasteiger partial charge in [0.1, 0.15) is 5.75 Å². The van der Waals surface area contributed by atoms with Gasteiger partial charge in [-0.05, 0) is 55.3 Å². The van der Waals surface area contributed by atoms with E-state index in [-0.39, 0.29) is 12.5 Å². The SMILES string of the molecule is Cc1cc(C)c2nc(NC(=O)COc3ccc(C#N)cc3)sc2c1. The van der Waals surface area contributed by atoms with Gasteiger partial charge in [-0.15, -0.1) is 0 Å². The van der Waals surface area contributed by atoms with E-state index >= 15 is 0 Å². The lowest BCUT2D eigenvalue weighted by atomic mass is 10.1. The molecule has 1 amide bonds. The van der Waals surface area contributed by atoms with Crippen LogP contribution < -0.4 is 10.1 Å². The lowest BCUT2D eigenvalue weighted by Crippen LogP contribution is -2.19. The fourth-order valence-electron chi connectivity index (χ4n) is 2.35. The maximum absolute atomic E-state index is 12.0. The number of aryl methyl sites for hydroxylation is 2. The molecule has 120 valence electrons. The zero-order valence-electron chi connectivity index (χ0n) is 13.3. The molecule has 24 heavy (non-hydrogen) atoms. The topological polar surface area (TPSA) is 75.0 Å². The largest absolute Gasteiger partial charge is 0.484 e. The van der Waals surface area contributed by atoms with Crippen LogP contribution in [0.2, 0.25) is 0 Å². The summed E-state index contributed by atoms with van der Waals surface area (Å²) in [5.74, 6) is 0.271. The van der Waals surface area contributed by atoms with Gasteiger partial charge in [-0.1, -0.05) is 17.4 Å². The van der Waals surface area contributed by atoms with Gasteiger partial charge in [0.15, 0.2) is 11.7 Å². The summed E-state index contributed by atoms with van der Waals surface area (Å²) in [6.07, 6.45) is 0. The van der Waals surface area contributed by atoms with Crippen LogP contribution in [0.25, 0.3) is 10.2 Å². The molecule has 0 aliphatic heterocycles. The van der Waals surface area contributed by atoms with Crippen LogP contribution in [-0.4, -0.2) is 17.5 Å². The van der Waals surface area contributed by atoms with Crippen molar-refractivity contribution in [3.63, 3.8) is 0 Å². The van der Waals surface area contributed by atoms with Gasteiger partial charge < -0.3 is 4.74 Å². The number of nitriles is 1. The van der Waals surface area contributed by atoms with Crippen LogP contribution in [0, 0.1) is 25.2 Å². The number of carbonyl (C=O) groups excluding carboxylic acids is 1. The minimum Gasteiger partial charge on any atom is -0.484 e. The van der Waals surface area contributed by atoms with E-state index in [0.717, 1.165) is 15.8 Å². The summed E-state index contributed by atoms with van der Waals surface area (Å²) >= 11 is 1.45. The quantitative estimate of drug-likeness (QED) is 0.785. The van der Waals surface area contributed by atoms with Crippen molar-refractivity contribution in [2.75, 3.05) is 11.9 Å². The Bertz CT molecular complexity index is 939. The zero-order chi connectivity index (χ0) is 17.1. The van der Waals surface area contributed by atoms with Gasteiger partial charge >= 0.3 is 0 Å². The molecule has 0 bridgehead atoms. The van der Waals surface area contributed by atoms with E-state index in [1.165, 1.54) is 16.9 Å². The van der Waals surface area contributed by atoms with Crippen LogP contribution in [0.3, 0.4) is 0 Å². The number of anilines is 1. The number of hydrogen-bond donors (Lipinski definition) is 1. The number of nitrogens with one attached hydrogen (secondary N) is 1. The number of aromatic nitrogens is 1. The Hall–Kier alpha value is -2.91. The zero-order valence-corrected chi connectivity index (χ0v) is 14.1. The number of hydrogen-bond acceptors (Lipinski definition) is 5. The number of carbonyl (C=O) groups is 1. The summed E-state index contributed by atoms with van der Waals surface area (Å²) in [5, 5.41) is 12.1. The maximum atomic E-state index is 12.0. The Balaban J connectivity index is 1.64. The predicted molar refractivity (Wildman–Crippen MR) is 94.4 cm³/mol. The van der Waals surface area contributed by atoms with Gasteiger partial charge in [0.2, 0.25) is 0 Å². The normalized spacial score (nSPS) is 10.4. The first kappa shape index (κ1) is 16.0. The molecule has 0 aliphatic carbocycles. The smallest absolute Gasteiger partial charge is 0.264 e. The molecule has 1 N–H and O–H groups in total. The van der Waals surface area contributed by atoms with E-state index in [4.69, 9.17) is 10.00 Å². The molecule has 3 aromatic rings. The Labute approximate surface area is 143 Å². The van der Waals surface area contributed by atoms with Gasteiger partial charge in [0.05, 0.1) is 21.8 Å². The van der Waals surface area contributed by atoms with Crippen LogP contribution in [0.4, 0.5) is 5.13 Å². The second-order valence-electron chi connectivity index (χ2n) is 5.42. The fourth-order valence-corrected chi connectivity index (χ4v) is 3.41. The lowest BCUT2D eigenvalue weighted by molar-refractivity contribution is -0.118. The molecule has 0 saturated carbocycles. The van der Waals surface area contributed by atoms with Gasteiger partial charge in [0, 0.05) is 0 Å². The molecule has 0 saturated heterocycles. The number of fused-ring (bicyclic) bond motifs is 1. The molecule has 1 heterocycles. The minimum absolute atomic E-state index is 0.111. The third-order valence-electron chi connectivity index (χ3n) is 3.43. The fraction of sp³-hybridized carbons (Fsp3) is 0.167. The monoisotopic (exact) mass is 337 g/mol. The Morgan fingerprint density at radius 1 is 1.29 bits per heavy atom. The third kappa shape index (κ3) is 3.53. The van der Waals surface area contributed by atoms with Crippen molar-refractivity contribution < 1.29 is 9.53 Å². The summed E-state index contributed by atoms with van der Waals surface area (Å²) < 4.78 is 6.46. The number of nitrogens with zero attached hydrogens (tertiary/aromatic N) is 2.